The lowest BCUT2D eigenvalue weighted by atomic mass is 9.97. The molecule has 0 radical (unpaired) electrons. The number of phenols is 3. The van der Waals surface area contributed by atoms with Crippen LogP contribution < -0.4 is 4.74 Å². The summed E-state index contributed by atoms with van der Waals surface area (Å²) >= 11 is 1.17. The van der Waals surface area contributed by atoms with E-state index >= 15 is 0 Å². The number of hydrogen-bond donors (Lipinski definition) is 3. The summed E-state index contributed by atoms with van der Waals surface area (Å²) in [5.41, 5.74) is 0.191. The van der Waals surface area contributed by atoms with Crippen LogP contribution in [0.25, 0.3) is 0 Å². The van der Waals surface area contributed by atoms with Crippen molar-refractivity contribution in [3.63, 3.8) is 0 Å². The molecule has 4 aromatic carbocycles. The van der Waals surface area contributed by atoms with Crippen LogP contribution in [-0.4, -0.2) is 39.4 Å². The molecule has 8 heteroatoms. The van der Waals surface area contributed by atoms with E-state index in [9.17, 15) is 24.9 Å². The van der Waals surface area contributed by atoms with Gasteiger partial charge in [-0.1, -0.05) is 30.3 Å². The number of rotatable bonds is 9. The van der Waals surface area contributed by atoms with Gasteiger partial charge in [0.15, 0.2) is 23.1 Å². The molecule has 180 valence electrons. The molecule has 0 amide bonds. The van der Waals surface area contributed by atoms with Gasteiger partial charge in [0.2, 0.25) is 5.75 Å². The second-order valence-corrected chi connectivity index (χ2v) is 8.64. The van der Waals surface area contributed by atoms with E-state index in [4.69, 9.17) is 4.74 Å². The lowest BCUT2D eigenvalue weighted by Crippen LogP contribution is -2.08. The van der Waals surface area contributed by atoms with Gasteiger partial charge in [0.05, 0.1) is 22.6 Å². The van der Waals surface area contributed by atoms with Gasteiger partial charge in [0.1, 0.15) is 11.5 Å². The number of phenolic OH excluding ortho intramolecular Hbond substituents is 3. The predicted octanol–water partition coefficient (Wildman–Crippen LogP) is 6.13. The van der Waals surface area contributed by atoms with Gasteiger partial charge < -0.3 is 20.1 Å². The number of aliphatic imine (C=N–C) groups is 1. The van der Waals surface area contributed by atoms with Gasteiger partial charge in [-0.25, -0.2) is 0 Å². The van der Waals surface area contributed by atoms with E-state index in [0.717, 1.165) is 6.07 Å². The van der Waals surface area contributed by atoms with E-state index in [1.807, 2.05) is 18.2 Å². The average Bonchev–Trinajstić information content (AvgIpc) is 2.91. The number of aromatic hydroxyl groups is 3. The molecule has 0 aliphatic rings. The van der Waals surface area contributed by atoms with Crippen LogP contribution in [0, 0.1) is 0 Å². The van der Waals surface area contributed by atoms with Crippen LogP contribution in [0.3, 0.4) is 0 Å². The van der Waals surface area contributed by atoms with E-state index in [2.05, 4.69) is 11.7 Å². The molecule has 0 atom stereocenters. The molecule has 0 fully saturated rings. The Kier molecular flexibility index (Phi) is 7.36. The quantitative estimate of drug-likeness (QED) is 0.110. The second kappa shape index (κ2) is 10.8. The summed E-state index contributed by atoms with van der Waals surface area (Å²) in [4.78, 5) is 30.6. The van der Waals surface area contributed by atoms with Gasteiger partial charge >= 0.3 is 0 Å². The van der Waals surface area contributed by atoms with Gasteiger partial charge in [0.25, 0.3) is 0 Å². The van der Waals surface area contributed by atoms with Crippen molar-refractivity contribution >= 4 is 35.7 Å². The minimum absolute atomic E-state index is 0.108. The Labute approximate surface area is 211 Å². The second-order valence-electron chi connectivity index (χ2n) is 7.62. The summed E-state index contributed by atoms with van der Waals surface area (Å²) in [6, 6.07) is 23.5. The molecule has 0 aliphatic heterocycles. The summed E-state index contributed by atoms with van der Waals surface area (Å²) < 4.78 is 5.72. The highest BCUT2D eigenvalue weighted by Crippen LogP contribution is 2.42. The summed E-state index contributed by atoms with van der Waals surface area (Å²) in [6.07, 6.45) is 0. The number of nitrogens with zero attached hydrogens (tertiary/aromatic N) is 1. The highest BCUT2D eigenvalue weighted by molar-refractivity contribution is 8.00. The molecular weight excluding hydrogens is 478 g/mol. The minimum Gasteiger partial charge on any atom is -0.504 e. The standard InChI is InChI=1S/C28H21NO6S/c1-29-22-9-5-6-10-24(22)36-16-23(30)20-15-21(27(33)28(34)26(20)32)25(31)17-11-13-19(14-12-17)35-18-7-3-2-4-8-18/h2-15,32-34H,1,16H2. The van der Waals surface area contributed by atoms with Crippen molar-refractivity contribution in [1.29, 1.82) is 0 Å². The Morgan fingerprint density at radius 2 is 1.39 bits per heavy atom. The van der Waals surface area contributed by atoms with E-state index in [1.165, 1.54) is 23.9 Å². The van der Waals surface area contributed by atoms with Gasteiger partial charge in [-0.15, -0.1) is 11.8 Å². The molecule has 0 bridgehead atoms. The van der Waals surface area contributed by atoms with Crippen molar-refractivity contribution in [3.8, 4) is 28.7 Å². The number of Topliss-reactive ketones (excluding diaryl/α,β-unsaturated/α-hetero) is 1. The zero-order chi connectivity index (χ0) is 25.7. The van der Waals surface area contributed by atoms with Crippen molar-refractivity contribution in [1.82, 2.24) is 0 Å². The van der Waals surface area contributed by atoms with Crippen molar-refractivity contribution in [2.75, 3.05) is 5.75 Å². The zero-order valence-corrected chi connectivity index (χ0v) is 19.7. The summed E-state index contributed by atoms with van der Waals surface area (Å²) in [7, 11) is 0. The van der Waals surface area contributed by atoms with Gasteiger partial charge in [-0.05, 0) is 61.3 Å². The third kappa shape index (κ3) is 5.24. The molecule has 0 unspecified atom stereocenters. The van der Waals surface area contributed by atoms with Crippen molar-refractivity contribution in [2.45, 2.75) is 4.90 Å². The fourth-order valence-electron chi connectivity index (χ4n) is 3.42. The predicted molar refractivity (Wildman–Crippen MR) is 139 cm³/mol. The largest absolute Gasteiger partial charge is 0.504 e. The molecule has 4 rings (SSSR count). The number of ether oxygens (including phenoxy) is 1. The lowest BCUT2D eigenvalue weighted by molar-refractivity contribution is 0.101. The van der Waals surface area contributed by atoms with Crippen molar-refractivity contribution in [3.05, 3.63) is 102 Å². The molecule has 0 aliphatic carbocycles. The number of ketones is 2. The maximum Gasteiger partial charge on any atom is 0.201 e. The molecular formula is C28H21NO6S. The third-order valence-electron chi connectivity index (χ3n) is 5.28. The Balaban J connectivity index is 1.57. The van der Waals surface area contributed by atoms with E-state index in [0.29, 0.717) is 22.1 Å². The van der Waals surface area contributed by atoms with Crippen molar-refractivity contribution in [2.24, 2.45) is 4.99 Å². The normalized spacial score (nSPS) is 10.6. The Morgan fingerprint density at radius 3 is 2.08 bits per heavy atom. The lowest BCUT2D eigenvalue weighted by Gasteiger charge is -2.12. The summed E-state index contributed by atoms with van der Waals surface area (Å²) in [5, 5.41) is 30.9. The average molecular weight is 500 g/mol. The Bertz CT molecular complexity index is 1430. The first-order valence-corrected chi connectivity index (χ1v) is 11.7. The molecule has 0 aromatic heterocycles. The first kappa shape index (κ1) is 24.6. The van der Waals surface area contributed by atoms with Crippen LogP contribution in [0.15, 0.2) is 94.8 Å². The molecule has 7 nitrogen and oxygen atoms in total. The number of carbonyl (C=O) groups excluding carboxylic acids is 2. The zero-order valence-electron chi connectivity index (χ0n) is 18.9. The van der Waals surface area contributed by atoms with Gasteiger partial charge in [-0.3, -0.25) is 14.6 Å². The summed E-state index contributed by atoms with van der Waals surface area (Å²) in [6.45, 7) is 3.50. The maximum absolute atomic E-state index is 13.1. The smallest absolute Gasteiger partial charge is 0.201 e. The maximum atomic E-state index is 13.1. The van der Waals surface area contributed by atoms with Crippen LogP contribution in [0.5, 0.6) is 28.7 Å². The van der Waals surface area contributed by atoms with Crippen molar-refractivity contribution < 1.29 is 29.6 Å². The molecule has 0 saturated carbocycles. The van der Waals surface area contributed by atoms with E-state index in [-0.39, 0.29) is 22.4 Å². The van der Waals surface area contributed by atoms with E-state index in [1.54, 1.807) is 48.5 Å². The number of hydrogen-bond acceptors (Lipinski definition) is 8. The fraction of sp³-hybridized carbons (Fsp3) is 0.0357. The Hall–Kier alpha value is -4.56. The minimum atomic E-state index is -0.939. The number of thioether (sulfide) groups is 1. The molecule has 0 saturated heterocycles. The highest BCUT2D eigenvalue weighted by atomic mass is 32.2. The molecule has 0 spiro atoms. The number of carbonyl (C=O) groups is 2. The molecule has 0 heterocycles. The topological polar surface area (TPSA) is 116 Å². The van der Waals surface area contributed by atoms with Crippen LogP contribution in [0.1, 0.15) is 26.3 Å². The monoisotopic (exact) mass is 499 g/mol. The van der Waals surface area contributed by atoms with Crippen LogP contribution in [-0.2, 0) is 0 Å². The molecule has 4 aromatic rings. The molecule has 36 heavy (non-hydrogen) atoms. The Morgan fingerprint density at radius 1 is 0.778 bits per heavy atom. The first-order valence-electron chi connectivity index (χ1n) is 10.8. The number of para-hydroxylation sites is 2. The third-order valence-corrected chi connectivity index (χ3v) is 6.35. The SMILES string of the molecule is C=Nc1ccccc1SCC(=O)c1cc(C(=O)c2ccc(Oc3ccccc3)cc2)c(O)c(O)c1O. The first-order chi connectivity index (χ1) is 17.4. The summed E-state index contributed by atoms with van der Waals surface area (Å²) in [5.74, 6) is -2.72. The fourth-order valence-corrected chi connectivity index (χ4v) is 4.32. The molecule has 3 N–H and O–H groups in total. The van der Waals surface area contributed by atoms with Crippen LogP contribution >= 0.6 is 11.8 Å². The van der Waals surface area contributed by atoms with Crippen LogP contribution in [0.4, 0.5) is 5.69 Å². The number of benzene rings is 4. The van der Waals surface area contributed by atoms with Gasteiger partial charge in [0, 0.05) is 10.5 Å². The van der Waals surface area contributed by atoms with E-state index < -0.39 is 28.8 Å². The van der Waals surface area contributed by atoms with Crippen LogP contribution in [0.2, 0.25) is 0 Å². The van der Waals surface area contributed by atoms with Gasteiger partial charge in [-0.2, -0.15) is 0 Å². The highest BCUT2D eigenvalue weighted by Gasteiger charge is 2.25.